The van der Waals surface area contributed by atoms with E-state index in [0.717, 1.165) is 60.2 Å². The normalized spacial score (nSPS) is 17.6. The third kappa shape index (κ3) is 3.58. The number of hydrogen-bond donors (Lipinski definition) is 1. The van der Waals surface area contributed by atoms with Crippen molar-refractivity contribution >= 4 is 16.7 Å². The first-order chi connectivity index (χ1) is 15.4. The summed E-state index contributed by atoms with van der Waals surface area (Å²) in [4.78, 5) is 22.9. The highest BCUT2D eigenvalue weighted by molar-refractivity contribution is 5.85. The molecule has 1 aromatic carbocycles. The summed E-state index contributed by atoms with van der Waals surface area (Å²) < 4.78 is 9.22. The van der Waals surface area contributed by atoms with Crippen molar-refractivity contribution in [1.29, 1.82) is 0 Å². The van der Waals surface area contributed by atoms with Gasteiger partial charge < -0.3 is 14.6 Å². The Balaban J connectivity index is 1.57. The highest BCUT2D eigenvalue weighted by Gasteiger charge is 2.25. The highest BCUT2D eigenvalue weighted by atomic mass is 16.5. The van der Waals surface area contributed by atoms with E-state index < -0.39 is 0 Å². The highest BCUT2D eigenvalue weighted by Crippen LogP contribution is 2.32. The van der Waals surface area contributed by atoms with Crippen molar-refractivity contribution in [2.24, 2.45) is 5.92 Å². The first-order valence-corrected chi connectivity index (χ1v) is 11.3. The minimum absolute atomic E-state index is 0.0303. The Labute approximate surface area is 186 Å². The molecule has 1 aliphatic heterocycles. The van der Waals surface area contributed by atoms with Crippen LogP contribution in [0.25, 0.3) is 27.8 Å². The maximum atomic E-state index is 13.0. The Morgan fingerprint density at radius 2 is 2.12 bits per heavy atom. The number of H-pyrrole nitrogens is 1. The number of aromatic amines is 1. The Morgan fingerprint density at radius 3 is 2.91 bits per heavy atom. The second-order valence-corrected chi connectivity index (χ2v) is 9.26. The molecule has 1 N–H and O–H groups in total. The lowest BCUT2D eigenvalue weighted by atomic mass is 10.00. The fourth-order valence-corrected chi connectivity index (χ4v) is 5.07. The Kier molecular flexibility index (Phi) is 5.25. The topological polar surface area (TPSA) is 80.5 Å². The maximum absolute atomic E-state index is 13.0. The second kappa shape index (κ2) is 8.09. The largest absolute Gasteiger partial charge is 0.493 e. The number of likely N-dealkylation sites (tertiary alicyclic amines) is 1. The molecule has 32 heavy (non-hydrogen) atoms. The average Bonchev–Trinajstić information content (AvgIpc) is 3.35. The number of rotatable bonds is 5. The molecule has 0 bridgehead atoms. The van der Waals surface area contributed by atoms with E-state index in [1.165, 1.54) is 6.33 Å². The van der Waals surface area contributed by atoms with Crippen LogP contribution in [-0.2, 0) is 0 Å². The van der Waals surface area contributed by atoms with Crippen LogP contribution in [0, 0.1) is 12.8 Å². The van der Waals surface area contributed by atoms with Crippen LogP contribution in [0.5, 0.6) is 5.75 Å². The van der Waals surface area contributed by atoms with Gasteiger partial charge in [0, 0.05) is 24.8 Å². The molecule has 0 aliphatic carbocycles. The van der Waals surface area contributed by atoms with Crippen molar-refractivity contribution in [1.82, 2.24) is 29.0 Å². The van der Waals surface area contributed by atoms with Crippen LogP contribution in [-0.4, -0.2) is 55.8 Å². The molecular formula is C24H30N6O2. The first-order valence-electron chi connectivity index (χ1n) is 11.3. The van der Waals surface area contributed by atoms with Gasteiger partial charge in [0.05, 0.1) is 24.2 Å². The third-order valence-corrected chi connectivity index (χ3v) is 6.40. The SMILES string of the molecule is COc1cc(-c2cc3[nH]c(=O)n([C@@H]4CCCN(CC(C)C)C4)c3cc2C)cn2ncnc12. The lowest BCUT2D eigenvalue weighted by molar-refractivity contribution is 0.161. The van der Waals surface area contributed by atoms with Gasteiger partial charge in [-0.3, -0.25) is 4.57 Å². The summed E-state index contributed by atoms with van der Waals surface area (Å²) in [6, 6.07) is 6.36. The molecule has 0 unspecified atom stereocenters. The molecule has 5 rings (SSSR count). The van der Waals surface area contributed by atoms with Gasteiger partial charge in [-0.25, -0.2) is 14.3 Å². The number of nitrogens with one attached hydrogen (secondary N) is 1. The van der Waals surface area contributed by atoms with Crippen LogP contribution in [0.2, 0.25) is 0 Å². The summed E-state index contributed by atoms with van der Waals surface area (Å²) in [7, 11) is 1.63. The van der Waals surface area contributed by atoms with Gasteiger partial charge in [-0.15, -0.1) is 0 Å². The van der Waals surface area contributed by atoms with E-state index in [2.05, 4.69) is 52.9 Å². The van der Waals surface area contributed by atoms with Crippen LogP contribution < -0.4 is 10.4 Å². The minimum Gasteiger partial charge on any atom is -0.493 e. The van der Waals surface area contributed by atoms with Crippen LogP contribution in [0.3, 0.4) is 0 Å². The van der Waals surface area contributed by atoms with Gasteiger partial charge in [-0.1, -0.05) is 13.8 Å². The van der Waals surface area contributed by atoms with Crippen LogP contribution in [0.4, 0.5) is 0 Å². The van der Waals surface area contributed by atoms with Gasteiger partial charge in [-0.2, -0.15) is 5.10 Å². The van der Waals surface area contributed by atoms with Crippen molar-refractivity contribution in [2.45, 2.75) is 39.7 Å². The summed E-state index contributed by atoms with van der Waals surface area (Å²) in [5.74, 6) is 1.29. The van der Waals surface area contributed by atoms with Crippen LogP contribution in [0.1, 0.15) is 38.3 Å². The molecule has 168 valence electrons. The van der Waals surface area contributed by atoms with Crippen molar-refractivity contribution in [3.8, 4) is 16.9 Å². The maximum Gasteiger partial charge on any atom is 0.326 e. The van der Waals surface area contributed by atoms with Gasteiger partial charge >= 0.3 is 5.69 Å². The van der Waals surface area contributed by atoms with E-state index in [0.29, 0.717) is 17.3 Å². The predicted octanol–water partition coefficient (Wildman–Crippen LogP) is 3.65. The number of ether oxygens (including phenoxy) is 1. The number of methoxy groups -OCH3 is 1. The Morgan fingerprint density at radius 1 is 1.28 bits per heavy atom. The third-order valence-electron chi connectivity index (χ3n) is 6.40. The molecule has 4 heterocycles. The minimum atomic E-state index is -0.0303. The molecule has 0 spiro atoms. The summed E-state index contributed by atoms with van der Waals surface area (Å²) in [5.41, 5.74) is 5.58. The number of fused-ring (bicyclic) bond motifs is 2. The van der Waals surface area contributed by atoms with E-state index in [9.17, 15) is 4.79 Å². The molecule has 3 aromatic heterocycles. The number of imidazole rings is 1. The fourth-order valence-electron chi connectivity index (χ4n) is 5.07. The zero-order valence-electron chi connectivity index (χ0n) is 19.1. The molecular weight excluding hydrogens is 404 g/mol. The van der Waals surface area contributed by atoms with Crippen molar-refractivity contribution < 1.29 is 4.74 Å². The van der Waals surface area contributed by atoms with E-state index >= 15 is 0 Å². The number of nitrogens with zero attached hydrogens (tertiary/aromatic N) is 5. The monoisotopic (exact) mass is 434 g/mol. The number of pyridine rings is 1. The number of piperidine rings is 1. The molecule has 1 atom stereocenters. The number of benzene rings is 1. The lowest BCUT2D eigenvalue weighted by Crippen LogP contribution is -2.40. The predicted molar refractivity (Wildman–Crippen MR) is 125 cm³/mol. The van der Waals surface area contributed by atoms with E-state index in [1.807, 2.05) is 16.8 Å². The van der Waals surface area contributed by atoms with Crippen molar-refractivity contribution in [3.05, 3.63) is 46.8 Å². The van der Waals surface area contributed by atoms with Crippen molar-refractivity contribution in [3.63, 3.8) is 0 Å². The Bertz CT molecular complexity index is 1330. The number of aryl methyl sites for hydroxylation is 1. The van der Waals surface area contributed by atoms with Crippen molar-refractivity contribution in [2.75, 3.05) is 26.7 Å². The summed E-state index contributed by atoms with van der Waals surface area (Å²) >= 11 is 0. The fraction of sp³-hybridized carbons (Fsp3) is 0.458. The van der Waals surface area contributed by atoms with E-state index in [-0.39, 0.29) is 11.7 Å². The molecule has 0 radical (unpaired) electrons. The van der Waals surface area contributed by atoms with Crippen LogP contribution >= 0.6 is 0 Å². The first kappa shape index (κ1) is 20.8. The quantitative estimate of drug-likeness (QED) is 0.519. The molecule has 4 aromatic rings. The molecule has 0 saturated carbocycles. The standard InChI is InChI=1S/C24H30N6O2/c1-15(2)11-28-7-5-6-18(13-28)30-21-8-16(3)19(10-20(21)27-24(30)31)17-9-22(32-4)23-25-14-26-29(23)12-17/h8-10,12,14-15,18H,5-7,11,13H2,1-4H3,(H,27,31)/t18-/m1/s1. The van der Waals surface area contributed by atoms with Gasteiger partial charge in [-0.05, 0) is 61.6 Å². The molecule has 1 aliphatic rings. The van der Waals surface area contributed by atoms with Gasteiger partial charge in [0.15, 0.2) is 11.4 Å². The average molecular weight is 435 g/mol. The lowest BCUT2D eigenvalue weighted by Gasteiger charge is -2.34. The van der Waals surface area contributed by atoms with Gasteiger partial charge in [0.1, 0.15) is 6.33 Å². The molecule has 8 nitrogen and oxygen atoms in total. The molecule has 8 heteroatoms. The smallest absolute Gasteiger partial charge is 0.326 e. The molecule has 1 saturated heterocycles. The van der Waals surface area contributed by atoms with E-state index in [4.69, 9.17) is 4.74 Å². The second-order valence-electron chi connectivity index (χ2n) is 9.26. The van der Waals surface area contributed by atoms with E-state index in [1.54, 1.807) is 11.6 Å². The Hall–Kier alpha value is -3.13. The molecule has 0 amide bonds. The van der Waals surface area contributed by atoms with Gasteiger partial charge in [0.2, 0.25) is 0 Å². The summed E-state index contributed by atoms with van der Waals surface area (Å²) in [5, 5.41) is 4.27. The zero-order valence-corrected chi connectivity index (χ0v) is 19.1. The summed E-state index contributed by atoms with van der Waals surface area (Å²) in [6.07, 6.45) is 5.61. The molecule has 1 fully saturated rings. The van der Waals surface area contributed by atoms with Gasteiger partial charge in [0.25, 0.3) is 0 Å². The summed E-state index contributed by atoms with van der Waals surface area (Å²) in [6.45, 7) is 9.69. The number of aromatic nitrogens is 5. The van der Waals surface area contributed by atoms with Crippen LogP contribution in [0.15, 0.2) is 35.5 Å². The zero-order chi connectivity index (χ0) is 22.4. The number of hydrogen-bond acceptors (Lipinski definition) is 5.